The lowest BCUT2D eigenvalue weighted by atomic mass is 9.75. The van der Waals surface area contributed by atoms with Crippen LogP contribution in [0.15, 0.2) is 24.3 Å². The number of benzene rings is 1. The highest BCUT2D eigenvalue weighted by atomic mass is 14.3. The molecule has 0 amide bonds. The third-order valence-electron chi connectivity index (χ3n) is 2.77. The van der Waals surface area contributed by atoms with Gasteiger partial charge in [0.1, 0.15) is 0 Å². The van der Waals surface area contributed by atoms with E-state index in [2.05, 4.69) is 64.8 Å². The van der Waals surface area contributed by atoms with Gasteiger partial charge in [-0.2, -0.15) is 0 Å². The highest BCUT2D eigenvalue weighted by molar-refractivity contribution is 5.42. The lowest BCUT2D eigenvalue weighted by Crippen LogP contribution is -2.22. The van der Waals surface area contributed by atoms with Crippen LogP contribution >= 0.6 is 0 Å². The van der Waals surface area contributed by atoms with Crippen molar-refractivity contribution in [2.24, 2.45) is 0 Å². The Labute approximate surface area is 93.7 Å². The molecular formula is C15H20. The van der Waals surface area contributed by atoms with Gasteiger partial charge in [-0.15, -0.1) is 6.42 Å². The summed E-state index contributed by atoms with van der Waals surface area (Å²) in [6, 6.07) is 8.45. The third-order valence-corrected chi connectivity index (χ3v) is 2.77. The Hall–Kier alpha value is -1.22. The van der Waals surface area contributed by atoms with Crippen LogP contribution in [0.1, 0.15) is 45.7 Å². The number of terminal acetylenes is 1. The van der Waals surface area contributed by atoms with Gasteiger partial charge < -0.3 is 0 Å². The first-order valence-electron chi connectivity index (χ1n) is 5.37. The van der Waals surface area contributed by atoms with E-state index in [1.807, 2.05) is 0 Å². The summed E-state index contributed by atoms with van der Waals surface area (Å²) in [4.78, 5) is 0. The quantitative estimate of drug-likeness (QED) is 0.603. The third kappa shape index (κ3) is 2.42. The van der Waals surface area contributed by atoms with Crippen molar-refractivity contribution in [3.05, 3.63) is 35.4 Å². The standard InChI is InChI=1S/C15H20/c1-7-15(5,6)13-11-9-8-10-12(13)14(2,3)4/h1,8-11H,2-6H3. The molecule has 15 heavy (non-hydrogen) atoms. The lowest BCUT2D eigenvalue weighted by molar-refractivity contribution is 0.562. The number of rotatable bonds is 1. The summed E-state index contributed by atoms with van der Waals surface area (Å²) in [5, 5.41) is 0. The molecule has 0 saturated carbocycles. The molecule has 0 unspecified atom stereocenters. The van der Waals surface area contributed by atoms with E-state index < -0.39 is 0 Å². The maximum atomic E-state index is 5.60. The summed E-state index contributed by atoms with van der Waals surface area (Å²) in [7, 11) is 0. The SMILES string of the molecule is C#CC(C)(C)c1ccccc1C(C)(C)C. The van der Waals surface area contributed by atoms with E-state index in [0.717, 1.165) is 0 Å². The summed E-state index contributed by atoms with van der Waals surface area (Å²) in [6.07, 6.45) is 5.60. The molecule has 0 aromatic heterocycles. The van der Waals surface area contributed by atoms with Crippen molar-refractivity contribution in [2.75, 3.05) is 0 Å². The van der Waals surface area contributed by atoms with Crippen molar-refractivity contribution in [3.8, 4) is 12.3 Å². The molecule has 0 nitrogen and oxygen atoms in total. The normalized spacial score (nSPS) is 12.3. The Kier molecular flexibility index (Phi) is 2.95. The minimum atomic E-state index is -0.191. The average Bonchev–Trinajstić information content (AvgIpc) is 2.16. The zero-order valence-corrected chi connectivity index (χ0v) is 10.4. The zero-order valence-electron chi connectivity index (χ0n) is 10.4. The van der Waals surface area contributed by atoms with Crippen LogP contribution in [0.3, 0.4) is 0 Å². The Morgan fingerprint density at radius 3 is 1.80 bits per heavy atom. The smallest absolute Gasteiger partial charge is 0.0506 e. The first-order chi connectivity index (χ1) is 6.79. The molecule has 0 heterocycles. The largest absolute Gasteiger partial charge is 0.119 e. The topological polar surface area (TPSA) is 0 Å². The van der Waals surface area contributed by atoms with E-state index in [9.17, 15) is 0 Å². The van der Waals surface area contributed by atoms with E-state index in [4.69, 9.17) is 6.42 Å². The Balaban J connectivity index is 3.39. The van der Waals surface area contributed by atoms with Gasteiger partial charge in [-0.05, 0) is 30.4 Å². The van der Waals surface area contributed by atoms with Gasteiger partial charge in [0, 0.05) is 0 Å². The van der Waals surface area contributed by atoms with Crippen molar-refractivity contribution >= 4 is 0 Å². The minimum Gasteiger partial charge on any atom is -0.119 e. The van der Waals surface area contributed by atoms with E-state index in [1.165, 1.54) is 11.1 Å². The van der Waals surface area contributed by atoms with Crippen LogP contribution in [0.5, 0.6) is 0 Å². The Bertz CT molecular complexity index is 383. The molecule has 0 radical (unpaired) electrons. The molecule has 1 rings (SSSR count). The molecular weight excluding hydrogens is 180 g/mol. The van der Waals surface area contributed by atoms with Gasteiger partial charge in [-0.1, -0.05) is 51.0 Å². The predicted octanol–water partition coefficient (Wildman–Crippen LogP) is 3.89. The maximum absolute atomic E-state index is 5.60. The first kappa shape index (κ1) is 11.9. The number of hydrogen-bond acceptors (Lipinski definition) is 0. The van der Waals surface area contributed by atoms with E-state index >= 15 is 0 Å². The van der Waals surface area contributed by atoms with Crippen LogP contribution in [0.25, 0.3) is 0 Å². The van der Waals surface area contributed by atoms with E-state index in [1.54, 1.807) is 0 Å². The molecule has 0 aliphatic rings. The van der Waals surface area contributed by atoms with Crippen LogP contribution in [-0.4, -0.2) is 0 Å². The monoisotopic (exact) mass is 200 g/mol. The average molecular weight is 200 g/mol. The maximum Gasteiger partial charge on any atom is 0.0506 e. The molecule has 0 fully saturated rings. The molecule has 0 aliphatic carbocycles. The lowest BCUT2D eigenvalue weighted by Gasteiger charge is -2.29. The van der Waals surface area contributed by atoms with Gasteiger partial charge in [0.25, 0.3) is 0 Å². The van der Waals surface area contributed by atoms with Crippen LogP contribution in [0.4, 0.5) is 0 Å². The van der Waals surface area contributed by atoms with Crippen LogP contribution < -0.4 is 0 Å². The molecule has 80 valence electrons. The second kappa shape index (κ2) is 3.74. The molecule has 0 saturated heterocycles. The Morgan fingerprint density at radius 1 is 0.933 bits per heavy atom. The van der Waals surface area contributed by atoms with Crippen molar-refractivity contribution in [2.45, 2.75) is 45.4 Å². The summed E-state index contributed by atoms with van der Waals surface area (Å²) < 4.78 is 0. The fourth-order valence-corrected chi connectivity index (χ4v) is 1.76. The second-order valence-electron chi connectivity index (χ2n) is 5.56. The molecule has 0 N–H and O–H groups in total. The summed E-state index contributed by atoms with van der Waals surface area (Å²) in [6.45, 7) is 10.9. The fraction of sp³-hybridized carbons (Fsp3) is 0.467. The van der Waals surface area contributed by atoms with Crippen LogP contribution in [0.2, 0.25) is 0 Å². The molecule has 0 atom stereocenters. The molecule has 1 aromatic rings. The van der Waals surface area contributed by atoms with Crippen molar-refractivity contribution < 1.29 is 0 Å². The zero-order chi connectivity index (χ0) is 11.7. The van der Waals surface area contributed by atoms with Crippen molar-refractivity contribution in [1.29, 1.82) is 0 Å². The summed E-state index contributed by atoms with van der Waals surface area (Å²) >= 11 is 0. The molecule has 0 bridgehead atoms. The molecule has 0 aliphatic heterocycles. The summed E-state index contributed by atoms with van der Waals surface area (Å²) in [5.41, 5.74) is 2.56. The second-order valence-corrected chi connectivity index (χ2v) is 5.56. The van der Waals surface area contributed by atoms with Gasteiger partial charge in [0.15, 0.2) is 0 Å². The molecule has 1 aromatic carbocycles. The highest BCUT2D eigenvalue weighted by Gasteiger charge is 2.25. The van der Waals surface area contributed by atoms with Crippen molar-refractivity contribution in [3.63, 3.8) is 0 Å². The minimum absolute atomic E-state index is 0.144. The van der Waals surface area contributed by atoms with E-state index in [-0.39, 0.29) is 10.8 Å². The van der Waals surface area contributed by atoms with Gasteiger partial charge in [0.05, 0.1) is 5.41 Å². The van der Waals surface area contributed by atoms with Crippen LogP contribution in [-0.2, 0) is 10.8 Å². The Morgan fingerprint density at radius 2 is 1.40 bits per heavy atom. The van der Waals surface area contributed by atoms with Gasteiger partial charge in [-0.3, -0.25) is 0 Å². The number of hydrogen-bond donors (Lipinski definition) is 0. The van der Waals surface area contributed by atoms with Gasteiger partial charge in [-0.25, -0.2) is 0 Å². The molecule has 0 spiro atoms. The summed E-state index contributed by atoms with van der Waals surface area (Å²) in [5.74, 6) is 2.87. The fourth-order valence-electron chi connectivity index (χ4n) is 1.76. The predicted molar refractivity (Wildman–Crippen MR) is 67.0 cm³/mol. The van der Waals surface area contributed by atoms with Gasteiger partial charge >= 0.3 is 0 Å². The highest BCUT2D eigenvalue weighted by Crippen LogP contribution is 2.33. The van der Waals surface area contributed by atoms with Gasteiger partial charge in [0.2, 0.25) is 0 Å². The van der Waals surface area contributed by atoms with Crippen molar-refractivity contribution in [1.82, 2.24) is 0 Å². The molecule has 0 heteroatoms. The first-order valence-corrected chi connectivity index (χ1v) is 5.37. The van der Waals surface area contributed by atoms with E-state index in [0.29, 0.717) is 0 Å². The van der Waals surface area contributed by atoms with Crippen LogP contribution in [0, 0.1) is 12.3 Å².